The van der Waals surface area contributed by atoms with Gasteiger partial charge in [-0.2, -0.15) is 11.8 Å². The Morgan fingerprint density at radius 1 is 1.53 bits per heavy atom. The van der Waals surface area contributed by atoms with E-state index in [9.17, 15) is 4.79 Å². The summed E-state index contributed by atoms with van der Waals surface area (Å²) < 4.78 is 0. The average Bonchev–Trinajstić information content (AvgIpc) is 2.38. The maximum atomic E-state index is 12.4. The highest BCUT2D eigenvalue weighted by Gasteiger charge is 2.26. The third-order valence-electron chi connectivity index (χ3n) is 3.32. The van der Waals surface area contributed by atoms with Gasteiger partial charge in [-0.3, -0.25) is 9.69 Å². The summed E-state index contributed by atoms with van der Waals surface area (Å²) in [5.41, 5.74) is 2.10. The first kappa shape index (κ1) is 12.7. The van der Waals surface area contributed by atoms with E-state index in [0.29, 0.717) is 0 Å². The fraction of sp³-hybridized carbons (Fsp3) is 0.500. The van der Waals surface area contributed by atoms with Crippen molar-refractivity contribution in [2.45, 2.75) is 19.4 Å². The van der Waals surface area contributed by atoms with Crippen LogP contribution in [0, 0.1) is 0 Å². The van der Waals surface area contributed by atoms with Crippen LogP contribution in [0.5, 0.6) is 0 Å². The lowest BCUT2D eigenvalue weighted by Gasteiger charge is -2.30. The van der Waals surface area contributed by atoms with E-state index in [1.807, 2.05) is 37.0 Å². The van der Waals surface area contributed by atoms with Gasteiger partial charge in [0.1, 0.15) is 0 Å². The van der Waals surface area contributed by atoms with Crippen LogP contribution in [0.4, 0.5) is 0 Å². The zero-order chi connectivity index (χ0) is 12.3. The second-order valence-electron chi connectivity index (χ2n) is 4.49. The summed E-state index contributed by atoms with van der Waals surface area (Å²) in [6, 6.07) is 8.10. The summed E-state index contributed by atoms with van der Waals surface area (Å²) in [6.07, 6.45) is 0.983. The molecular weight excluding hydrogens is 230 g/mol. The van der Waals surface area contributed by atoms with E-state index >= 15 is 0 Å². The molecule has 1 atom stereocenters. The summed E-state index contributed by atoms with van der Waals surface area (Å²) in [6.45, 7) is 3.13. The van der Waals surface area contributed by atoms with Crippen molar-refractivity contribution >= 4 is 17.5 Å². The van der Waals surface area contributed by atoms with Crippen LogP contribution in [0.25, 0.3) is 0 Å². The van der Waals surface area contributed by atoms with Gasteiger partial charge in [0, 0.05) is 23.6 Å². The molecule has 2 rings (SSSR count). The summed E-state index contributed by atoms with van der Waals surface area (Å²) in [4.78, 5) is 14.6. The number of nitrogens with zero attached hydrogens (tertiary/aromatic N) is 1. The second-order valence-corrected chi connectivity index (χ2v) is 5.64. The fourth-order valence-corrected chi connectivity index (χ4v) is 3.31. The van der Waals surface area contributed by atoms with Gasteiger partial charge in [-0.1, -0.05) is 25.1 Å². The van der Waals surface area contributed by atoms with Crippen molar-refractivity contribution in [2.75, 3.05) is 25.1 Å². The molecule has 1 aromatic carbocycles. The maximum Gasteiger partial charge on any atom is 0.180 e. The van der Waals surface area contributed by atoms with E-state index in [0.717, 1.165) is 30.0 Å². The largest absolute Gasteiger partial charge is 0.295 e. The van der Waals surface area contributed by atoms with Gasteiger partial charge in [-0.25, -0.2) is 0 Å². The number of carbonyl (C=O) groups is 1. The molecule has 0 aromatic heterocycles. The molecule has 1 fully saturated rings. The lowest BCUT2D eigenvalue weighted by Crippen LogP contribution is -2.44. The lowest BCUT2D eigenvalue weighted by atomic mass is 10.0. The predicted octanol–water partition coefficient (Wildman–Crippen LogP) is 2.48. The molecule has 17 heavy (non-hydrogen) atoms. The van der Waals surface area contributed by atoms with Crippen LogP contribution in [0.15, 0.2) is 24.3 Å². The van der Waals surface area contributed by atoms with Gasteiger partial charge in [0.2, 0.25) is 0 Å². The van der Waals surface area contributed by atoms with Crippen LogP contribution in [0.2, 0.25) is 0 Å². The Balaban J connectivity index is 2.17. The molecule has 0 radical (unpaired) electrons. The van der Waals surface area contributed by atoms with Crippen molar-refractivity contribution in [3.8, 4) is 0 Å². The molecule has 1 aliphatic heterocycles. The molecule has 1 unspecified atom stereocenters. The Labute approximate surface area is 107 Å². The monoisotopic (exact) mass is 249 g/mol. The van der Waals surface area contributed by atoms with Gasteiger partial charge in [0.25, 0.3) is 0 Å². The average molecular weight is 249 g/mol. The molecule has 92 valence electrons. The highest BCUT2D eigenvalue weighted by atomic mass is 32.2. The lowest BCUT2D eigenvalue weighted by molar-refractivity contribution is 0.0874. The zero-order valence-corrected chi connectivity index (χ0v) is 11.3. The molecule has 0 bridgehead atoms. The number of aryl methyl sites for hydroxylation is 1. The normalized spacial score (nSPS) is 21.4. The van der Waals surface area contributed by atoms with Crippen molar-refractivity contribution in [1.82, 2.24) is 4.90 Å². The molecule has 2 nitrogen and oxygen atoms in total. The van der Waals surface area contributed by atoms with Crippen molar-refractivity contribution < 1.29 is 4.79 Å². The van der Waals surface area contributed by atoms with E-state index in [2.05, 4.69) is 17.9 Å². The minimum Gasteiger partial charge on any atom is -0.295 e. The Kier molecular flexibility index (Phi) is 4.24. The Hall–Kier alpha value is -0.800. The van der Waals surface area contributed by atoms with Crippen molar-refractivity contribution in [2.24, 2.45) is 0 Å². The van der Waals surface area contributed by atoms with E-state index in [4.69, 9.17) is 0 Å². The first-order valence-electron chi connectivity index (χ1n) is 6.13. The summed E-state index contributed by atoms with van der Waals surface area (Å²) >= 11 is 1.88. The highest BCUT2D eigenvalue weighted by Crippen LogP contribution is 2.19. The number of rotatable bonds is 3. The number of hydrogen-bond donors (Lipinski definition) is 0. The van der Waals surface area contributed by atoms with Crippen LogP contribution in [0.1, 0.15) is 22.8 Å². The number of hydrogen-bond acceptors (Lipinski definition) is 3. The number of thioether (sulfide) groups is 1. The SMILES string of the molecule is CCc1cccc(C(=O)C2CSCCN2C)c1. The highest BCUT2D eigenvalue weighted by molar-refractivity contribution is 7.99. The molecule has 0 N–H and O–H groups in total. The quantitative estimate of drug-likeness (QED) is 0.768. The number of likely N-dealkylation sites (N-methyl/N-ethyl adjacent to an activating group) is 1. The first-order chi connectivity index (χ1) is 8.22. The number of carbonyl (C=O) groups excluding carboxylic acids is 1. The summed E-state index contributed by atoms with van der Waals surface area (Å²) in [7, 11) is 2.05. The van der Waals surface area contributed by atoms with Crippen molar-refractivity contribution in [1.29, 1.82) is 0 Å². The third kappa shape index (κ3) is 2.90. The fourth-order valence-electron chi connectivity index (χ4n) is 2.10. The predicted molar refractivity (Wildman–Crippen MR) is 73.9 cm³/mol. The van der Waals surface area contributed by atoms with Crippen LogP contribution < -0.4 is 0 Å². The van der Waals surface area contributed by atoms with Crippen molar-refractivity contribution in [3.05, 3.63) is 35.4 Å². The van der Waals surface area contributed by atoms with Gasteiger partial charge >= 0.3 is 0 Å². The van der Waals surface area contributed by atoms with Gasteiger partial charge in [-0.15, -0.1) is 0 Å². The number of benzene rings is 1. The van der Waals surface area contributed by atoms with Crippen LogP contribution in [-0.4, -0.2) is 41.8 Å². The second kappa shape index (κ2) is 5.69. The van der Waals surface area contributed by atoms with Gasteiger partial charge in [0.15, 0.2) is 5.78 Å². The Morgan fingerprint density at radius 3 is 3.06 bits per heavy atom. The molecule has 1 aromatic rings. The minimum atomic E-state index is 0.0563. The molecule has 0 aliphatic carbocycles. The minimum absolute atomic E-state index is 0.0563. The van der Waals surface area contributed by atoms with Crippen LogP contribution in [-0.2, 0) is 6.42 Å². The summed E-state index contributed by atoms with van der Waals surface area (Å²) in [5, 5.41) is 0. The molecule has 1 aliphatic rings. The standard InChI is InChI=1S/C14H19NOS/c1-3-11-5-4-6-12(9-11)14(16)13-10-17-8-7-15(13)2/h4-6,9,13H,3,7-8,10H2,1-2H3. The molecule has 3 heteroatoms. The molecule has 1 saturated heterocycles. The van der Waals surface area contributed by atoms with Crippen LogP contribution >= 0.6 is 11.8 Å². The van der Waals surface area contributed by atoms with Gasteiger partial charge in [0.05, 0.1) is 6.04 Å². The Bertz CT molecular complexity index is 405. The van der Waals surface area contributed by atoms with E-state index in [1.165, 1.54) is 5.56 Å². The number of Topliss-reactive ketones (excluding diaryl/α,β-unsaturated/α-hetero) is 1. The zero-order valence-electron chi connectivity index (χ0n) is 10.5. The smallest absolute Gasteiger partial charge is 0.180 e. The maximum absolute atomic E-state index is 12.4. The van der Waals surface area contributed by atoms with E-state index < -0.39 is 0 Å². The van der Waals surface area contributed by atoms with Crippen molar-refractivity contribution in [3.63, 3.8) is 0 Å². The van der Waals surface area contributed by atoms with Crippen LogP contribution in [0.3, 0.4) is 0 Å². The molecule has 0 saturated carbocycles. The molecular formula is C14H19NOS. The summed E-state index contributed by atoms with van der Waals surface area (Å²) in [5.74, 6) is 2.33. The van der Waals surface area contributed by atoms with E-state index in [-0.39, 0.29) is 11.8 Å². The van der Waals surface area contributed by atoms with Gasteiger partial charge < -0.3 is 0 Å². The number of ketones is 1. The topological polar surface area (TPSA) is 20.3 Å². The molecule has 1 heterocycles. The third-order valence-corrected chi connectivity index (χ3v) is 4.34. The van der Waals surface area contributed by atoms with Gasteiger partial charge in [-0.05, 0) is 25.1 Å². The van der Waals surface area contributed by atoms with E-state index in [1.54, 1.807) is 0 Å². The molecule has 0 spiro atoms. The first-order valence-corrected chi connectivity index (χ1v) is 7.29. The Morgan fingerprint density at radius 2 is 2.35 bits per heavy atom. The molecule has 0 amide bonds.